The highest BCUT2D eigenvalue weighted by atomic mass is 35.5. The molecule has 0 atom stereocenters. The van der Waals surface area contributed by atoms with Crippen LogP contribution in [-0.2, 0) is 0 Å². The molecule has 0 spiro atoms. The summed E-state index contributed by atoms with van der Waals surface area (Å²) >= 11 is 5.79. The fourth-order valence-corrected chi connectivity index (χ4v) is 1.81. The summed E-state index contributed by atoms with van der Waals surface area (Å²) in [4.78, 5) is 13.2. The normalized spacial score (nSPS) is 16.3. The Morgan fingerprint density at radius 2 is 2.27 bits per heavy atom. The van der Waals surface area contributed by atoms with Crippen molar-refractivity contribution in [3.8, 4) is 0 Å². The Morgan fingerprint density at radius 3 is 2.93 bits per heavy atom. The number of hydrogen-bond acceptors (Lipinski definition) is 2. The van der Waals surface area contributed by atoms with Gasteiger partial charge in [-0.15, -0.1) is 0 Å². The Balaban J connectivity index is 2.31. The molecule has 2 amide bonds. The third kappa shape index (κ3) is 1.99. The van der Waals surface area contributed by atoms with Gasteiger partial charge in [0.1, 0.15) is 0 Å². The number of carbonyl (C=O) groups excluding carboxylic acids is 1. The third-order valence-corrected chi connectivity index (χ3v) is 2.60. The van der Waals surface area contributed by atoms with E-state index >= 15 is 0 Å². The molecule has 0 aliphatic carbocycles. The van der Waals surface area contributed by atoms with Crippen LogP contribution in [0.4, 0.5) is 16.2 Å². The van der Waals surface area contributed by atoms with Crippen LogP contribution < -0.4 is 16.0 Å². The van der Waals surface area contributed by atoms with Gasteiger partial charge < -0.3 is 11.1 Å². The number of carbonyl (C=O) groups is 1. The van der Waals surface area contributed by atoms with E-state index in [0.717, 1.165) is 18.7 Å². The Bertz CT molecular complexity index is 394. The lowest BCUT2D eigenvalue weighted by atomic mass is 10.2. The van der Waals surface area contributed by atoms with Crippen LogP contribution in [0, 0.1) is 0 Å². The van der Waals surface area contributed by atoms with Gasteiger partial charge in [-0.2, -0.15) is 0 Å². The minimum Gasteiger partial charge on any atom is -0.397 e. The summed E-state index contributed by atoms with van der Waals surface area (Å²) in [6.45, 7) is 1.42. The molecule has 0 saturated carbocycles. The van der Waals surface area contributed by atoms with Crippen molar-refractivity contribution in [2.45, 2.75) is 6.42 Å². The van der Waals surface area contributed by atoms with E-state index in [0.29, 0.717) is 17.3 Å². The largest absolute Gasteiger partial charge is 0.397 e. The number of rotatable bonds is 1. The second-order valence-electron chi connectivity index (χ2n) is 3.44. The summed E-state index contributed by atoms with van der Waals surface area (Å²) in [5, 5.41) is 3.35. The summed E-state index contributed by atoms with van der Waals surface area (Å²) in [7, 11) is 0. The molecule has 2 rings (SSSR count). The first-order valence-electron chi connectivity index (χ1n) is 4.79. The topological polar surface area (TPSA) is 58.4 Å². The van der Waals surface area contributed by atoms with E-state index in [1.165, 1.54) is 0 Å². The van der Waals surface area contributed by atoms with Crippen LogP contribution in [0.3, 0.4) is 0 Å². The number of amides is 2. The average Bonchev–Trinajstić information content (AvgIpc) is 2.20. The molecule has 0 aromatic heterocycles. The molecule has 0 radical (unpaired) electrons. The number of anilines is 2. The van der Waals surface area contributed by atoms with Crippen LogP contribution in [0.2, 0.25) is 5.02 Å². The van der Waals surface area contributed by atoms with Gasteiger partial charge in [-0.25, -0.2) is 4.79 Å². The number of nitrogen functional groups attached to an aromatic ring is 1. The number of hydrogen-bond donors (Lipinski definition) is 2. The van der Waals surface area contributed by atoms with Crippen molar-refractivity contribution in [2.24, 2.45) is 0 Å². The summed E-state index contributed by atoms with van der Waals surface area (Å²) < 4.78 is 0. The predicted molar refractivity (Wildman–Crippen MR) is 61.2 cm³/mol. The molecule has 1 aromatic carbocycles. The number of nitrogens with one attached hydrogen (secondary N) is 1. The Labute approximate surface area is 93.0 Å². The molecule has 1 fully saturated rings. The third-order valence-electron chi connectivity index (χ3n) is 2.36. The van der Waals surface area contributed by atoms with E-state index in [9.17, 15) is 4.79 Å². The van der Waals surface area contributed by atoms with E-state index in [2.05, 4.69) is 5.32 Å². The predicted octanol–water partition coefficient (Wildman–Crippen LogP) is 1.84. The fraction of sp³-hybridized carbons (Fsp3) is 0.300. The van der Waals surface area contributed by atoms with Gasteiger partial charge >= 0.3 is 6.03 Å². The lowest BCUT2D eigenvalue weighted by Gasteiger charge is -2.28. The van der Waals surface area contributed by atoms with Gasteiger partial charge in [-0.1, -0.05) is 11.6 Å². The monoisotopic (exact) mass is 225 g/mol. The van der Waals surface area contributed by atoms with E-state index in [-0.39, 0.29) is 6.03 Å². The molecule has 80 valence electrons. The fourth-order valence-electron chi connectivity index (χ4n) is 1.63. The van der Waals surface area contributed by atoms with Crippen molar-refractivity contribution in [1.82, 2.24) is 5.32 Å². The quantitative estimate of drug-likeness (QED) is 0.717. The highest BCUT2D eigenvalue weighted by molar-refractivity contribution is 6.31. The maximum absolute atomic E-state index is 11.6. The summed E-state index contributed by atoms with van der Waals surface area (Å²) in [6, 6.07) is 5.05. The minimum absolute atomic E-state index is 0.102. The van der Waals surface area contributed by atoms with Crippen molar-refractivity contribution < 1.29 is 4.79 Å². The van der Waals surface area contributed by atoms with Crippen LogP contribution in [0.15, 0.2) is 18.2 Å². The van der Waals surface area contributed by atoms with E-state index in [4.69, 9.17) is 17.3 Å². The maximum atomic E-state index is 11.6. The molecule has 1 aromatic rings. The zero-order valence-corrected chi connectivity index (χ0v) is 8.92. The smallest absolute Gasteiger partial charge is 0.321 e. The molecule has 1 aliphatic rings. The SMILES string of the molecule is Nc1cc(Cl)ccc1N1CCCNC1=O. The standard InChI is InChI=1S/C10H12ClN3O/c11-7-2-3-9(8(12)6-7)14-5-1-4-13-10(14)15/h2-3,6H,1,4-5,12H2,(H,13,15). The van der Waals surface area contributed by atoms with Crippen LogP contribution in [0.5, 0.6) is 0 Å². The van der Waals surface area contributed by atoms with Crippen LogP contribution in [0.1, 0.15) is 6.42 Å². The molecule has 15 heavy (non-hydrogen) atoms. The summed E-state index contributed by atoms with van der Waals surface area (Å²) in [6.07, 6.45) is 0.924. The second kappa shape index (κ2) is 3.98. The highest BCUT2D eigenvalue weighted by Crippen LogP contribution is 2.27. The first-order valence-corrected chi connectivity index (χ1v) is 5.16. The Kier molecular flexibility index (Phi) is 2.68. The van der Waals surface area contributed by atoms with Gasteiger partial charge in [-0.05, 0) is 24.6 Å². The minimum atomic E-state index is -0.102. The molecular formula is C10H12ClN3O. The lowest BCUT2D eigenvalue weighted by Crippen LogP contribution is -2.46. The molecular weight excluding hydrogens is 214 g/mol. The molecule has 5 heteroatoms. The molecule has 4 nitrogen and oxygen atoms in total. The van der Waals surface area contributed by atoms with Gasteiger partial charge in [0.25, 0.3) is 0 Å². The number of benzene rings is 1. The van der Waals surface area contributed by atoms with Crippen molar-refractivity contribution >= 4 is 29.0 Å². The van der Waals surface area contributed by atoms with Crippen LogP contribution in [0.25, 0.3) is 0 Å². The number of urea groups is 1. The van der Waals surface area contributed by atoms with Gasteiger partial charge in [0, 0.05) is 18.1 Å². The Hall–Kier alpha value is -1.42. The van der Waals surface area contributed by atoms with Crippen LogP contribution >= 0.6 is 11.6 Å². The Morgan fingerprint density at radius 1 is 1.47 bits per heavy atom. The first kappa shape index (κ1) is 10.1. The van der Waals surface area contributed by atoms with Gasteiger partial charge in [-0.3, -0.25) is 4.90 Å². The molecule has 1 aliphatic heterocycles. The van der Waals surface area contributed by atoms with Crippen molar-refractivity contribution in [3.63, 3.8) is 0 Å². The van der Waals surface area contributed by atoms with Gasteiger partial charge in [0.05, 0.1) is 11.4 Å². The highest BCUT2D eigenvalue weighted by Gasteiger charge is 2.20. The molecule has 0 unspecified atom stereocenters. The van der Waals surface area contributed by atoms with E-state index in [1.807, 2.05) is 0 Å². The van der Waals surface area contributed by atoms with Crippen molar-refractivity contribution in [1.29, 1.82) is 0 Å². The van der Waals surface area contributed by atoms with Gasteiger partial charge in [0.2, 0.25) is 0 Å². The lowest BCUT2D eigenvalue weighted by molar-refractivity contribution is 0.243. The zero-order chi connectivity index (χ0) is 10.8. The number of nitrogens with two attached hydrogens (primary N) is 1. The number of nitrogens with zero attached hydrogens (tertiary/aromatic N) is 1. The molecule has 1 saturated heterocycles. The van der Waals surface area contributed by atoms with Crippen molar-refractivity contribution in [2.75, 3.05) is 23.7 Å². The van der Waals surface area contributed by atoms with Crippen molar-refractivity contribution in [3.05, 3.63) is 23.2 Å². The van der Waals surface area contributed by atoms with Crippen LogP contribution in [-0.4, -0.2) is 19.1 Å². The van der Waals surface area contributed by atoms with Gasteiger partial charge in [0.15, 0.2) is 0 Å². The molecule has 0 bridgehead atoms. The van der Waals surface area contributed by atoms with E-state index < -0.39 is 0 Å². The summed E-state index contributed by atoms with van der Waals surface area (Å²) in [5.41, 5.74) is 7.05. The second-order valence-corrected chi connectivity index (χ2v) is 3.88. The van der Waals surface area contributed by atoms with E-state index in [1.54, 1.807) is 23.1 Å². The maximum Gasteiger partial charge on any atom is 0.321 e. The molecule has 3 N–H and O–H groups in total. The average molecular weight is 226 g/mol. The summed E-state index contributed by atoms with van der Waals surface area (Å²) in [5.74, 6) is 0. The zero-order valence-electron chi connectivity index (χ0n) is 8.16. The molecule has 1 heterocycles. The number of halogens is 1. The first-order chi connectivity index (χ1) is 7.18.